The van der Waals surface area contributed by atoms with Crippen molar-refractivity contribution in [2.24, 2.45) is 0 Å². The molecule has 3 heteroatoms. The molecule has 90 valence electrons. The van der Waals surface area contributed by atoms with Crippen molar-refractivity contribution in [1.29, 1.82) is 0 Å². The van der Waals surface area contributed by atoms with E-state index in [1.54, 1.807) is 0 Å². The fourth-order valence-corrected chi connectivity index (χ4v) is 2.06. The molecule has 0 saturated carbocycles. The maximum absolute atomic E-state index is 6.21. The molecule has 2 aromatic rings. The van der Waals surface area contributed by atoms with Crippen LogP contribution in [0, 0.1) is 0 Å². The molecule has 17 heavy (non-hydrogen) atoms. The fourth-order valence-electron chi connectivity index (χ4n) is 1.84. The van der Waals surface area contributed by atoms with Crippen molar-refractivity contribution in [2.45, 2.75) is 19.9 Å². The summed E-state index contributed by atoms with van der Waals surface area (Å²) in [7, 11) is 0. The molecule has 0 atom stereocenters. The molecule has 0 radical (unpaired) electrons. The van der Waals surface area contributed by atoms with Gasteiger partial charge in [0.05, 0.1) is 10.7 Å². The number of halogens is 1. The molecule has 0 spiro atoms. The predicted octanol–water partition coefficient (Wildman–Crippen LogP) is 3.63. The lowest BCUT2D eigenvalue weighted by molar-refractivity contribution is 0.656. The molecule has 0 fully saturated rings. The number of hydrogen-bond donors (Lipinski definition) is 1. The zero-order valence-corrected chi connectivity index (χ0v) is 10.7. The van der Waals surface area contributed by atoms with E-state index in [0.29, 0.717) is 0 Å². The van der Waals surface area contributed by atoms with Gasteiger partial charge in [-0.25, -0.2) is 0 Å². The van der Waals surface area contributed by atoms with E-state index in [1.807, 2.05) is 36.5 Å². The van der Waals surface area contributed by atoms with Crippen molar-refractivity contribution in [3.63, 3.8) is 0 Å². The summed E-state index contributed by atoms with van der Waals surface area (Å²) in [4.78, 5) is 0. The summed E-state index contributed by atoms with van der Waals surface area (Å²) in [5, 5.41) is 4.18. The van der Waals surface area contributed by atoms with Gasteiger partial charge in [0.25, 0.3) is 0 Å². The van der Waals surface area contributed by atoms with Crippen LogP contribution in [0.25, 0.3) is 5.69 Å². The van der Waals surface area contributed by atoms with Crippen LogP contribution in [0.15, 0.2) is 42.6 Å². The van der Waals surface area contributed by atoms with E-state index in [0.717, 1.165) is 30.2 Å². The van der Waals surface area contributed by atoms with E-state index >= 15 is 0 Å². The number of hydrogen-bond acceptors (Lipinski definition) is 1. The lowest BCUT2D eigenvalue weighted by Crippen LogP contribution is -2.16. The van der Waals surface area contributed by atoms with E-state index in [-0.39, 0.29) is 0 Å². The van der Waals surface area contributed by atoms with Crippen molar-refractivity contribution in [1.82, 2.24) is 9.88 Å². The predicted molar refractivity (Wildman–Crippen MR) is 72.8 cm³/mol. The average molecular weight is 249 g/mol. The Morgan fingerprint density at radius 2 is 2.00 bits per heavy atom. The maximum Gasteiger partial charge on any atom is 0.0646 e. The zero-order chi connectivity index (χ0) is 12.1. The van der Waals surface area contributed by atoms with Crippen LogP contribution in [0.4, 0.5) is 0 Å². The third kappa shape index (κ3) is 2.90. The van der Waals surface area contributed by atoms with E-state index in [1.165, 1.54) is 5.69 Å². The smallest absolute Gasteiger partial charge is 0.0646 e. The van der Waals surface area contributed by atoms with Crippen LogP contribution in [0.2, 0.25) is 5.02 Å². The molecule has 2 nitrogen and oxygen atoms in total. The quantitative estimate of drug-likeness (QED) is 0.800. The molecular weight excluding hydrogens is 232 g/mol. The van der Waals surface area contributed by atoms with Gasteiger partial charge < -0.3 is 9.88 Å². The number of rotatable bonds is 5. The molecule has 1 aromatic heterocycles. The van der Waals surface area contributed by atoms with Crippen LogP contribution in [0.3, 0.4) is 0 Å². The number of para-hydroxylation sites is 1. The summed E-state index contributed by atoms with van der Waals surface area (Å²) in [6.07, 6.45) is 3.19. The van der Waals surface area contributed by atoms with Crippen molar-refractivity contribution < 1.29 is 0 Å². The van der Waals surface area contributed by atoms with E-state index in [4.69, 9.17) is 11.6 Å². The normalized spacial score (nSPS) is 10.7. The Kier molecular flexibility index (Phi) is 4.24. The Morgan fingerprint density at radius 1 is 1.18 bits per heavy atom. The van der Waals surface area contributed by atoms with Crippen molar-refractivity contribution in [2.75, 3.05) is 6.54 Å². The molecule has 1 aromatic carbocycles. The third-order valence-corrected chi connectivity index (χ3v) is 3.00. The highest BCUT2D eigenvalue weighted by molar-refractivity contribution is 6.32. The molecule has 0 unspecified atom stereocenters. The largest absolute Gasteiger partial charge is 0.318 e. The van der Waals surface area contributed by atoms with Gasteiger partial charge in [-0.15, -0.1) is 0 Å². The maximum atomic E-state index is 6.21. The number of nitrogens with one attached hydrogen (secondary N) is 1. The SMILES string of the molecule is CCCNCc1cccn1-c1ccccc1Cl. The minimum atomic E-state index is 0.778. The summed E-state index contributed by atoms with van der Waals surface area (Å²) < 4.78 is 2.13. The molecule has 0 aliphatic carbocycles. The average Bonchev–Trinajstić information content (AvgIpc) is 2.78. The molecule has 0 aliphatic heterocycles. The molecule has 1 N–H and O–H groups in total. The second-order valence-electron chi connectivity index (χ2n) is 4.00. The summed E-state index contributed by atoms with van der Waals surface area (Å²) >= 11 is 6.21. The third-order valence-electron chi connectivity index (χ3n) is 2.68. The first-order valence-corrected chi connectivity index (χ1v) is 6.32. The highest BCUT2D eigenvalue weighted by atomic mass is 35.5. The first-order valence-electron chi connectivity index (χ1n) is 5.94. The Morgan fingerprint density at radius 3 is 2.76 bits per heavy atom. The number of aromatic nitrogens is 1. The molecule has 0 aliphatic rings. The molecule has 2 rings (SSSR count). The lowest BCUT2D eigenvalue weighted by atomic mass is 10.3. The molecule has 0 amide bonds. The summed E-state index contributed by atoms with van der Waals surface area (Å²) in [5.74, 6) is 0. The van der Waals surface area contributed by atoms with Crippen LogP contribution in [0.5, 0.6) is 0 Å². The van der Waals surface area contributed by atoms with Crippen LogP contribution in [0.1, 0.15) is 19.0 Å². The Labute approximate surface area is 107 Å². The lowest BCUT2D eigenvalue weighted by Gasteiger charge is -2.11. The second kappa shape index (κ2) is 5.89. The zero-order valence-electron chi connectivity index (χ0n) is 9.99. The van der Waals surface area contributed by atoms with E-state index < -0.39 is 0 Å². The summed E-state index contributed by atoms with van der Waals surface area (Å²) in [5.41, 5.74) is 2.26. The monoisotopic (exact) mass is 248 g/mol. The molecule has 0 bridgehead atoms. The summed E-state index contributed by atoms with van der Waals surface area (Å²) in [6.45, 7) is 4.07. The Balaban J connectivity index is 2.22. The highest BCUT2D eigenvalue weighted by Crippen LogP contribution is 2.21. The number of benzene rings is 1. The molecule has 0 saturated heterocycles. The van der Waals surface area contributed by atoms with Gasteiger partial charge >= 0.3 is 0 Å². The van der Waals surface area contributed by atoms with Crippen LogP contribution in [-0.2, 0) is 6.54 Å². The van der Waals surface area contributed by atoms with Crippen LogP contribution < -0.4 is 5.32 Å². The van der Waals surface area contributed by atoms with Gasteiger partial charge in [-0.05, 0) is 37.2 Å². The van der Waals surface area contributed by atoms with Gasteiger partial charge in [0.2, 0.25) is 0 Å². The van der Waals surface area contributed by atoms with Gasteiger partial charge in [0.1, 0.15) is 0 Å². The van der Waals surface area contributed by atoms with Gasteiger partial charge in [-0.1, -0.05) is 30.7 Å². The fraction of sp³-hybridized carbons (Fsp3) is 0.286. The van der Waals surface area contributed by atoms with Crippen molar-refractivity contribution in [3.8, 4) is 5.69 Å². The Bertz CT molecular complexity index is 477. The van der Waals surface area contributed by atoms with E-state index in [2.05, 4.69) is 22.9 Å². The minimum Gasteiger partial charge on any atom is -0.318 e. The van der Waals surface area contributed by atoms with Crippen molar-refractivity contribution >= 4 is 11.6 Å². The summed E-state index contributed by atoms with van der Waals surface area (Å²) in [6, 6.07) is 12.1. The van der Waals surface area contributed by atoms with Gasteiger partial charge in [-0.2, -0.15) is 0 Å². The highest BCUT2D eigenvalue weighted by Gasteiger charge is 2.05. The second-order valence-corrected chi connectivity index (χ2v) is 4.40. The van der Waals surface area contributed by atoms with Gasteiger partial charge in [0, 0.05) is 18.4 Å². The molecular formula is C14H17ClN2. The minimum absolute atomic E-state index is 0.778. The van der Waals surface area contributed by atoms with Gasteiger partial charge in [0.15, 0.2) is 0 Å². The molecule has 1 heterocycles. The standard InChI is InChI=1S/C14H17ClN2/c1-2-9-16-11-12-6-5-10-17(12)14-8-4-3-7-13(14)15/h3-8,10,16H,2,9,11H2,1H3. The van der Waals surface area contributed by atoms with Crippen LogP contribution >= 0.6 is 11.6 Å². The Hall–Kier alpha value is -1.25. The topological polar surface area (TPSA) is 17.0 Å². The first kappa shape index (κ1) is 12.2. The van der Waals surface area contributed by atoms with Crippen molar-refractivity contribution in [3.05, 3.63) is 53.3 Å². The van der Waals surface area contributed by atoms with Gasteiger partial charge in [-0.3, -0.25) is 0 Å². The van der Waals surface area contributed by atoms with Crippen LogP contribution in [-0.4, -0.2) is 11.1 Å². The first-order chi connectivity index (χ1) is 8.33. The number of nitrogens with zero attached hydrogens (tertiary/aromatic N) is 1. The van der Waals surface area contributed by atoms with E-state index in [9.17, 15) is 0 Å².